The van der Waals surface area contributed by atoms with Gasteiger partial charge in [0.05, 0.1) is 12.2 Å². The minimum Gasteiger partial charge on any atom is -0.462 e. The first-order valence-electron chi connectivity index (χ1n) is 8.65. The number of rotatable bonds is 6. The van der Waals surface area contributed by atoms with Crippen LogP contribution in [0.1, 0.15) is 30.1 Å². The molecule has 0 fully saturated rings. The Hall–Kier alpha value is -3.15. The molecule has 4 nitrogen and oxygen atoms in total. The highest BCUT2D eigenvalue weighted by atomic mass is 19.1. The lowest BCUT2D eigenvalue weighted by molar-refractivity contribution is 0.0501. The second-order valence-electron chi connectivity index (χ2n) is 5.89. The van der Waals surface area contributed by atoms with Crippen LogP contribution in [0.15, 0.2) is 54.9 Å². The molecule has 0 atom stereocenters. The second-order valence-corrected chi connectivity index (χ2v) is 5.89. The smallest absolute Gasteiger partial charge is 0.339 e. The number of carbonyl (C=O) groups is 1. The molecule has 0 N–H and O–H groups in total. The predicted molar refractivity (Wildman–Crippen MR) is 98.0 cm³/mol. The van der Waals surface area contributed by atoms with E-state index >= 15 is 0 Å². The summed E-state index contributed by atoms with van der Waals surface area (Å²) in [5.41, 5.74) is 0.509. The van der Waals surface area contributed by atoms with Gasteiger partial charge in [-0.2, -0.15) is 0 Å². The maximum absolute atomic E-state index is 14.3. The van der Waals surface area contributed by atoms with Crippen LogP contribution in [0.25, 0.3) is 22.5 Å². The summed E-state index contributed by atoms with van der Waals surface area (Å²) in [6, 6.07) is 10.2. The van der Waals surface area contributed by atoms with E-state index in [2.05, 4.69) is 9.97 Å². The normalized spacial score (nSPS) is 10.6. The van der Waals surface area contributed by atoms with Crippen molar-refractivity contribution in [1.29, 1.82) is 0 Å². The number of carbonyl (C=O) groups excluding carboxylic acids is 1. The molecule has 3 aromatic rings. The Labute approximate surface area is 155 Å². The molecule has 0 radical (unpaired) electrons. The fourth-order valence-corrected chi connectivity index (χ4v) is 2.72. The van der Waals surface area contributed by atoms with E-state index in [1.807, 2.05) is 6.92 Å². The van der Waals surface area contributed by atoms with Gasteiger partial charge >= 0.3 is 5.97 Å². The first-order chi connectivity index (χ1) is 13.1. The molecule has 0 bridgehead atoms. The summed E-state index contributed by atoms with van der Waals surface area (Å²) in [5.74, 6) is -1.83. The fourth-order valence-electron chi connectivity index (χ4n) is 2.72. The molecule has 0 aliphatic carbocycles. The lowest BCUT2D eigenvalue weighted by atomic mass is 9.95. The Bertz CT molecular complexity index is 897. The quantitative estimate of drug-likeness (QED) is 0.451. The van der Waals surface area contributed by atoms with Crippen LogP contribution >= 0.6 is 0 Å². The van der Waals surface area contributed by atoms with Crippen molar-refractivity contribution >= 4 is 5.97 Å². The first kappa shape index (κ1) is 18.6. The number of hydrogen-bond donors (Lipinski definition) is 0. The van der Waals surface area contributed by atoms with Gasteiger partial charge in [0.1, 0.15) is 23.0 Å². The summed E-state index contributed by atoms with van der Waals surface area (Å²) in [6.45, 7) is 2.19. The van der Waals surface area contributed by atoms with Crippen LogP contribution in [0.3, 0.4) is 0 Å². The maximum Gasteiger partial charge on any atom is 0.339 e. The minimum atomic E-state index is -0.663. The van der Waals surface area contributed by atoms with Crippen LogP contribution in [-0.4, -0.2) is 22.5 Å². The van der Waals surface area contributed by atoms with Crippen LogP contribution in [0, 0.1) is 11.6 Å². The van der Waals surface area contributed by atoms with Crippen LogP contribution < -0.4 is 0 Å². The SMILES string of the molecule is CCCCOC(=O)c1c(-c2ncccc2F)cccc1-c1ncccc1F. The number of halogens is 2. The average Bonchev–Trinajstić information content (AvgIpc) is 2.68. The van der Waals surface area contributed by atoms with Gasteiger partial charge in [-0.25, -0.2) is 13.6 Å². The topological polar surface area (TPSA) is 52.1 Å². The summed E-state index contributed by atoms with van der Waals surface area (Å²) in [5, 5.41) is 0. The third-order valence-electron chi connectivity index (χ3n) is 4.03. The van der Waals surface area contributed by atoms with E-state index in [9.17, 15) is 13.6 Å². The highest BCUT2D eigenvalue weighted by molar-refractivity contribution is 6.03. The molecule has 0 saturated carbocycles. The monoisotopic (exact) mass is 368 g/mol. The lowest BCUT2D eigenvalue weighted by Gasteiger charge is -2.14. The zero-order chi connectivity index (χ0) is 19.2. The number of pyridine rings is 2. The van der Waals surface area contributed by atoms with Crippen molar-refractivity contribution in [3.05, 3.63) is 72.1 Å². The van der Waals surface area contributed by atoms with E-state index < -0.39 is 17.6 Å². The highest BCUT2D eigenvalue weighted by Crippen LogP contribution is 2.33. The molecule has 2 aromatic heterocycles. The molecule has 6 heteroatoms. The number of unbranched alkanes of at least 4 members (excludes halogenated alkanes) is 1. The highest BCUT2D eigenvalue weighted by Gasteiger charge is 2.24. The summed E-state index contributed by atoms with van der Waals surface area (Å²) in [4.78, 5) is 20.9. The standard InChI is InChI=1S/C21H18F2N2O2/c1-2-3-13-27-21(26)18-14(19-16(22)9-5-11-24-19)7-4-8-15(18)20-17(23)10-6-12-25-20/h4-12H,2-3,13H2,1H3. The number of aromatic nitrogens is 2. The molecule has 0 spiro atoms. The van der Waals surface area contributed by atoms with E-state index in [0.29, 0.717) is 6.42 Å². The first-order valence-corrected chi connectivity index (χ1v) is 8.65. The largest absolute Gasteiger partial charge is 0.462 e. The Morgan fingerprint density at radius 3 is 1.96 bits per heavy atom. The molecule has 2 heterocycles. The molecule has 3 rings (SSSR count). The van der Waals surface area contributed by atoms with Crippen molar-refractivity contribution in [3.8, 4) is 22.5 Å². The second kappa shape index (κ2) is 8.49. The minimum absolute atomic E-state index is 0.00173. The summed E-state index contributed by atoms with van der Waals surface area (Å²) in [6.07, 6.45) is 4.40. The van der Waals surface area contributed by atoms with Gasteiger partial charge in [-0.1, -0.05) is 31.5 Å². The lowest BCUT2D eigenvalue weighted by Crippen LogP contribution is -2.11. The van der Waals surface area contributed by atoms with Gasteiger partial charge < -0.3 is 4.74 Å². The van der Waals surface area contributed by atoms with Crippen molar-refractivity contribution in [3.63, 3.8) is 0 Å². The van der Waals surface area contributed by atoms with E-state index in [0.717, 1.165) is 6.42 Å². The molecular weight excluding hydrogens is 350 g/mol. The van der Waals surface area contributed by atoms with E-state index in [-0.39, 0.29) is 34.7 Å². The molecule has 27 heavy (non-hydrogen) atoms. The van der Waals surface area contributed by atoms with Crippen LogP contribution in [-0.2, 0) is 4.74 Å². The van der Waals surface area contributed by atoms with Crippen molar-refractivity contribution < 1.29 is 18.3 Å². The number of esters is 1. The van der Waals surface area contributed by atoms with Crippen molar-refractivity contribution in [1.82, 2.24) is 9.97 Å². The van der Waals surface area contributed by atoms with Crippen LogP contribution in [0.5, 0.6) is 0 Å². The molecular formula is C21H18F2N2O2. The van der Waals surface area contributed by atoms with Gasteiger partial charge in [0.25, 0.3) is 0 Å². The van der Waals surface area contributed by atoms with Gasteiger partial charge in [-0.05, 0) is 30.7 Å². The zero-order valence-electron chi connectivity index (χ0n) is 14.8. The summed E-state index contributed by atoms with van der Waals surface area (Å²) < 4.78 is 34.0. The third kappa shape index (κ3) is 4.00. The molecule has 0 unspecified atom stereocenters. The van der Waals surface area contributed by atoms with Crippen molar-refractivity contribution in [2.24, 2.45) is 0 Å². The Kier molecular flexibility index (Phi) is 5.86. The molecule has 0 aliphatic heterocycles. The van der Waals surface area contributed by atoms with Gasteiger partial charge in [0, 0.05) is 23.5 Å². The Morgan fingerprint density at radius 2 is 1.48 bits per heavy atom. The number of ether oxygens (including phenoxy) is 1. The zero-order valence-corrected chi connectivity index (χ0v) is 14.8. The molecule has 0 aliphatic rings. The average molecular weight is 368 g/mol. The van der Waals surface area contributed by atoms with Gasteiger partial charge in [-0.3, -0.25) is 9.97 Å². The maximum atomic E-state index is 14.3. The Morgan fingerprint density at radius 1 is 0.926 bits per heavy atom. The predicted octanol–water partition coefficient (Wildman–Crippen LogP) is 5.05. The number of hydrogen-bond acceptors (Lipinski definition) is 4. The number of benzene rings is 1. The van der Waals surface area contributed by atoms with E-state index in [1.54, 1.807) is 18.2 Å². The molecule has 138 valence electrons. The Balaban J connectivity index is 2.20. The number of nitrogens with zero attached hydrogens (tertiary/aromatic N) is 2. The molecule has 0 amide bonds. The van der Waals surface area contributed by atoms with Crippen LogP contribution in [0.4, 0.5) is 8.78 Å². The fraction of sp³-hybridized carbons (Fsp3) is 0.190. The molecule has 1 aromatic carbocycles. The summed E-state index contributed by atoms with van der Waals surface area (Å²) >= 11 is 0. The van der Waals surface area contributed by atoms with Gasteiger partial charge in [-0.15, -0.1) is 0 Å². The van der Waals surface area contributed by atoms with Gasteiger partial charge in [0.2, 0.25) is 0 Å². The van der Waals surface area contributed by atoms with Crippen LogP contribution in [0.2, 0.25) is 0 Å². The van der Waals surface area contributed by atoms with Crippen molar-refractivity contribution in [2.45, 2.75) is 19.8 Å². The third-order valence-corrected chi connectivity index (χ3v) is 4.03. The summed E-state index contributed by atoms with van der Waals surface area (Å²) in [7, 11) is 0. The van der Waals surface area contributed by atoms with E-state index in [4.69, 9.17) is 4.74 Å². The van der Waals surface area contributed by atoms with Crippen molar-refractivity contribution in [2.75, 3.05) is 6.61 Å². The van der Waals surface area contributed by atoms with E-state index in [1.165, 1.54) is 36.7 Å². The van der Waals surface area contributed by atoms with Gasteiger partial charge in [0.15, 0.2) is 0 Å². The molecule has 0 saturated heterocycles.